The number of carbonyl (C=O) groups excluding carboxylic acids is 1. The Hall–Kier alpha value is -3.12. The lowest BCUT2D eigenvalue weighted by Crippen LogP contribution is -2.31. The second kappa shape index (κ2) is 7.72. The van der Waals surface area contributed by atoms with Gasteiger partial charge in [0.25, 0.3) is 5.91 Å². The van der Waals surface area contributed by atoms with Crippen molar-refractivity contribution in [3.8, 4) is 0 Å². The minimum Gasteiger partial charge on any atom is -0.387 e. The maximum Gasteiger partial charge on any atom is 0.273 e. The van der Waals surface area contributed by atoms with Gasteiger partial charge in [-0.2, -0.15) is 0 Å². The molecule has 146 valence electrons. The van der Waals surface area contributed by atoms with Crippen LogP contribution in [0.2, 0.25) is 0 Å². The first kappa shape index (κ1) is 17.9. The molecule has 1 atom stereocenters. The van der Waals surface area contributed by atoms with E-state index in [1.807, 2.05) is 59.9 Å². The van der Waals surface area contributed by atoms with Crippen molar-refractivity contribution in [2.45, 2.75) is 25.5 Å². The van der Waals surface area contributed by atoms with E-state index in [0.717, 1.165) is 36.4 Å². The first-order valence-electron chi connectivity index (χ1n) is 9.76. The molecule has 2 aliphatic rings. The largest absolute Gasteiger partial charge is 0.387 e. The monoisotopic (exact) mass is 403 g/mol. The molecule has 29 heavy (non-hydrogen) atoms. The van der Waals surface area contributed by atoms with Crippen LogP contribution in [0.25, 0.3) is 0 Å². The third-order valence-electron chi connectivity index (χ3n) is 5.40. The van der Waals surface area contributed by atoms with E-state index < -0.39 is 0 Å². The van der Waals surface area contributed by atoms with Crippen LogP contribution >= 0.6 is 11.3 Å². The van der Waals surface area contributed by atoms with Crippen LogP contribution in [0.4, 0.5) is 11.4 Å². The highest BCUT2D eigenvalue weighted by Gasteiger charge is 2.28. The number of rotatable bonds is 4. The molecule has 6 heteroatoms. The molecule has 5 rings (SSSR count). The van der Waals surface area contributed by atoms with Gasteiger partial charge in [-0.3, -0.25) is 4.79 Å². The van der Waals surface area contributed by atoms with Crippen molar-refractivity contribution < 1.29 is 9.63 Å². The fourth-order valence-electron chi connectivity index (χ4n) is 3.86. The van der Waals surface area contributed by atoms with Gasteiger partial charge in [0.15, 0.2) is 6.10 Å². The molecule has 1 aromatic heterocycles. The SMILES string of the molecule is O=C(Nc1ccccc1N1CCc2sccc2C1)C1=NOC(c2ccccc2)C1. The number of benzene rings is 2. The van der Waals surface area contributed by atoms with Crippen LogP contribution in [0.1, 0.15) is 28.5 Å². The van der Waals surface area contributed by atoms with E-state index in [4.69, 9.17) is 4.84 Å². The molecule has 0 bridgehead atoms. The average Bonchev–Trinajstić information content (AvgIpc) is 3.44. The zero-order valence-corrected chi connectivity index (χ0v) is 16.7. The predicted molar refractivity (Wildman–Crippen MR) is 116 cm³/mol. The van der Waals surface area contributed by atoms with Crippen LogP contribution in [0.5, 0.6) is 0 Å². The number of carbonyl (C=O) groups is 1. The van der Waals surface area contributed by atoms with Gasteiger partial charge < -0.3 is 15.1 Å². The highest BCUT2D eigenvalue weighted by atomic mass is 32.1. The molecule has 0 radical (unpaired) electrons. The van der Waals surface area contributed by atoms with Gasteiger partial charge in [-0.1, -0.05) is 47.6 Å². The normalized spacial score (nSPS) is 18.0. The molecule has 2 aromatic carbocycles. The Balaban J connectivity index is 1.30. The van der Waals surface area contributed by atoms with Crippen molar-refractivity contribution in [3.05, 3.63) is 82.0 Å². The number of anilines is 2. The Labute approximate surface area is 173 Å². The molecule has 1 amide bonds. The molecule has 0 aliphatic carbocycles. The van der Waals surface area contributed by atoms with E-state index in [1.165, 1.54) is 10.4 Å². The van der Waals surface area contributed by atoms with E-state index in [1.54, 1.807) is 0 Å². The summed E-state index contributed by atoms with van der Waals surface area (Å²) in [6, 6.07) is 20.0. The maximum atomic E-state index is 12.8. The zero-order valence-electron chi connectivity index (χ0n) is 15.9. The van der Waals surface area contributed by atoms with E-state index in [-0.39, 0.29) is 12.0 Å². The minimum absolute atomic E-state index is 0.202. The Morgan fingerprint density at radius 1 is 1.10 bits per heavy atom. The number of oxime groups is 1. The van der Waals surface area contributed by atoms with E-state index in [9.17, 15) is 4.79 Å². The van der Waals surface area contributed by atoms with Crippen LogP contribution in [0.3, 0.4) is 0 Å². The van der Waals surface area contributed by atoms with E-state index in [2.05, 4.69) is 32.9 Å². The number of fused-ring (bicyclic) bond motifs is 1. The number of thiophene rings is 1. The molecule has 0 saturated heterocycles. The van der Waals surface area contributed by atoms with Crippen LogP contribution < -0.4 is 10.2 Å². The van der Waals surface area contributed by atoms with Crippen molar-refractivity contribution in [2.24, 2.45) is 5.16 Å². The Bertz CT molecular complexity index is 1060. The van der Waals surface area contributed by atoms with Gasteiger partial charge in [-0.05, 0) is 41.1 Å². The third kappa shape index (κ3) is 3.63. The maximum absolute atomic E-state index is 12.8. The van der Waals surface area contributed by atoms with Crippen LogP contribution in [-0.4, -0.2) is 18.2 Å². The van der Waals surface area contributed by atoms with Gasteiger partial charge in [-0.25, -0.2) is 0 Å². The topological polar surface area (TPSA) is 53.9 Å². The first-order chi connectivity index (χ1) is 14.3. The number of hydrogen-bond acceptors (Lipinski definition) is 5. The lowest BCUT2D eigenvalue weighted by Gasteiger charge is -2.30. The Morgan fingerprint density at radius 2 is 1.93 bits per heavy atom. The molecule has 3 aromatic rings. The fraction of sp³-hybridized carbons (Fsp3) is 0.217. The smallest absolute Gasteiger partial charge is 0.273 e. The Kier molecular flexibility index (Phi) is 4.77. The zero-order chi connectivity index (χ0) is 19.6. The quantitative estimate of drug-likeness (QED) is 0.683. The Morgan fingerprint density at radius 3 is 2.83 bits per heavy atom. The van der Waals surface area contributed by atoms with Crippen molar-refractivity contribution in [1.82, 2.24) is 0 Å². The molecular weight excluding hydrogens is 382 g/mol. The van der Waals surface area contributed by atoms with Crippen molar-refractivity contribution in [1.29, 1.82) is 0 Å². The minimum atomic E-state index is -0.205. The van der Waals surface area contributed by atoms with Gasteiger partial charge in [0.2, 0.25) is 0 Å². The molecule has 0 saturated carbocycles. The summed E-state index contributed by atoms with van der Waals surface area (Å²) in [7, 11) is 0. The van der Waals surface area contributed by atoms with Crippen LogP contribution in [0.15, 0.2) is 71.2 Å². The summed E-state index contributed by atoms with van der Waals surface area (Å²) in [5, 5.41) is 9.25. The molecule has 0 spiro atoms. The molecule has 1 unspecified atom stereocenters. The third-order valence-corrected chi connectivity index (χ3v) is 6.43. The lowest BCUT2D eigenvalue weighted by molar-refractivity contribution is -0.110. The predicted octanol–water partition coefficient (Wildman–Crippen LogP) is 4.77. The molecule has 0 fully saturated rings. The van der Waals surface area contributed by atoms with Crippen LogP contribution in [-0.2, 0) is 22.6 Å². The standard InChI is InChI=1S/C23H21N3O2S/c27-23(19-14-21(28-25-19)16-6-2-1-3-7-16)24-18-8-4-5-9-20(18)26-12-10-22-17(15-26)11-13-29-22/h1-9,11,13,21H,10,12,14-15H2,(H,24,27). The van der Waals surface area contributed by atoms with E-state index >= 15 is 0 Å². The van der Waals surface area contributed by atoms with Crippen molar-refractivity contribution in [3.63, 3.8) is 0 Å². The van der Waals surface area contributed by atoms with Gasteiger partial charge in [0.05, 0.1) is 11.4 Å². The van der Waals surface area contributed by atoms with Gasteiger partial charge in [0.1, 0.15) is 5.71 Å². The van der Waals surface area contributed by atoms with Gasteiger partial charge >= 0.3 is 0 Å². The second-order valence-corrected chi connectivity index (χ2v) is 8.26. The first-order valence-corrected chi connectivity index (χ1v) is 10.6. The summed E-state index contributed by atoms with van der Waals surface area (Å²) in [4.78, 5) is 22.1. The van der Waals surface area contributed by atoms with Crippen molar-refractivity contribution in [2.75, 3.05) is 16.8 Å². The second-order valence-electron chi connectivity index (χ2n) is 7.26. The highest BCUT2D eigenvalue weighted by molar-refractivity contribution is 7.10. The number of para-hydroxylation sites is 2. The number of nitrogens with one attached hydrogen (secondary N) is 1. The highest BCUT2D eigenvalue weighted by Crippen LogP contribution is 2.33. The molecule has 3 heterocycles. The molecule has 1 N–H and O–H groups in total. The summed E-state index contributed by atoms with van der Waals surface area (Å²) in [6.07, 6.45) is 1.31. The number of nitrogens with zero attached hydrogens (tertiary/aromatic N) is 2. The summed E-state index contributed by atoms with van der Waals surface area (Å²) in [5.41, 5.74) is 4.67. The average molecular weight is 404 g/mol. The number of hydrogen-bond donors (Lipinski definition) is 1. The van der Waals surface area contributed by atoms with E-state index in [0.29, 0.717) is 12.1 Å². The summed E-state index contributed by atoms with van der Waals surface area (Å²) >= 11 is 1.83. The fourth-order valence-corrected chi connectivity index (χ4v) is 4.75. The van der Waals surface area contributed by atoms with Crippen LogP contribution in [0, 0.1) is 0 Å². The van der Waals surface area contributed by atoms with Gasteiger partial charge in [-0.15, -0.1) is 11.3 Å². The summed E-state index contributed by atoms with van der Waals surface area (Å²) in [5.74, 6) is -0.205. The van der Waals surface area contributed by atoms with Gasteiger partial charge in [0, 0.05) is 24.4 Å². The number of amides is 1. The summed E-state index contributed by atoms with van der Waals surface area (Å²) in [6.45, 7) is 1.81. The molecular formula is C23H21N3O2S. The molecule has 2 aliphatic heterocycles. The van der Waals surface area contributed by atoms with Crippen molar-refractivity contribution >= 4 is 34.3 Å². The molecule has 5 nitrogen and oxygen atoms in total. The lowest BCUT2D eigenvalue weighted by atomic mass is 10.0. The summed E-state index contributed by atoms with van der Waals surface area (Å²) < 4.78 is 0.